The Balaban J connectivity index is 3.50. The standard InChI is InChI=1S/C8H18N4O3/c1-2-4-14-7(13)6(9)3-5-15-12-8(10)11/h6H,2-5,9H2,1H3,(H4,10,11,12). The zero-order valence-electron chi connectivity index (χ0n) is 8.79. The smallest absolute Gasteiger partial charge is 0.322 e. The van der Waals surface area contributed by atoms with Gasteiger partial charge in [-0.25, -0.2) is 5.48 Å². The van der Waals surface area contributed by atoms with E-state index in [1.165, 1.54) is 0 Å². The van der Waals surface area contributed by atoms with Crippen molar-refractivity contribution in [3.05, 3.63) is 0 Å². The number of carbonyl (C=O) groups is 1. The second-order valence-corrected chi connectivity index (χ2v) is 2.93. The number of ether oxygens (including phenoxy) is 1. The highest BCUT2D eigenvalue weighted by Crippen LogP contribution is 1.93. The van der Waals surface area contributed by atoms with Gasteiger partial charge in [-0.1, -0.05) is 6.92 Å². The second-order valence-electron chi connectivity index (χ2n) is 2.93. The number of guanidine groups is 1. The Kier molecular flexibility index (Phi) is 7.29. The summed E-state index contributed by atoms with van der Waals surface area (Å²) in [6, 6.07) is -0.703. The zero-order chi connectivity index (χ0) is 11.7. The molecule has 1 unspecified atom stereocenters. The quantitative estimate of drug-likeness (QED) is 0.144. The highest BCUT2D eigenvalue weighted by molar-refractivity contribution is 5.75. The van der Waals surface area contributed by atoms with Gasteiger partial charge < -0.3 is 16.2 Å². The van der Waals surface area contributed by atoms with Crippen molar-refractivity contribution in [1.82, 2.24) is 5.48 Å². The normalized spacial score (nSPS) is 11.9. The number of esters is 1. The van der Waals surface area contributed by atoms with Gasteiger partial charge in [0.05, 0.1) is 13.2 Å². The molecule has 0 saturated carbocycles. The molecule has 88 valence electrons. The molecule has 0 bridgehead atoms. The predicted octanol–water partition coefficient (Wildman–Crippen LogP) is -0.928. The minimum Gasteiger partial charge on any atom is -0.465 e. The Morgan fingerprint density at radius 2 is 2.20 bits per heavy atom. The highest BCUT2D eigenvalue weighted by Gasteiger charge is 2.14. The van der Waals surface area contributed by atoms with Crippen LogP contribution in [0.1, 0.15) is 19.8 Å². The van der Waals surface area contributed by atoms with Gasteiger partial charge in [-0.2, -0.15) is 0 Å². The van der Waals surface area contributed by atoms with Gasteiger partial charge in [0.2, 0.25) is 5.96 Å². The first-order valence-electron chi connectivity index (χ1n) is 4.72. The van der Waals surface area contributed by atoms with E-state index in [1.807, 2.05) is 6.92 Å². The van der Waals surface area contributed by atoms with Crippen molar-refractivity contribution in [2.24, 2.45) is 11.5 Å². The van der Waals surface area contributed by atoms with E-state index in [9.17, 15) is 4.79 Å². The number of hydrogen-bond donors (Lipinski definition) is 4. The molecule has 0 saturated heterocycles. The molecule has 0 radical (unpaired) electrons. The summed E-state index contributed by atoms with van der Waals surface area (Å²) in [5, 5.41) is 6.77. The van der Waals surface area contributed by atoms with Crippen LogP contribution in [0.3, 0.4) is 0 Å². The maximum absolute atomic E-state index is 11.1. The first-order chi connectivity index (χ1) is 7.07. The highest BCUT2D eigenvalue weighted by atomic mass is 16.6. The third-order valence-corrected chi connectivity index (χ3v) is 1.46. The van der Waals surface area contributed by atoms with Crippen molar-refractivity contribution in [3.63, 3.8) is 0 Å². The van der Waals surface area contributed by atoms with Gasteiger partial charge in [0.15, 0.2) is 0 Å². The molecule has 0 aromatic carbocycles. The summed E-state index contributed by atoms with van der Waals surface area (Å²) in [6.07, 6.45) is 1.07. The largest absolute Gasteiger partial charge is 0.465 e. The van der Waals surface area contributed by atoms with Gasteiger partial charge in [-0.3, -0.25) is 15.0 Å². The Morgan fingerprint density at radius 1 is 1.53 bits per heavy atom. The molecule has 0 aliphatic heterocycles. The summed E-state index contributed by atoms with van der Waals surface area (Å²) in [7, 11) is 0. The summed E-state index contributed by atoms with van der Waals surface area (Å²) < 4.78 is 4.82. The molecule has 7 nitrogen and oxygen atoms in total. The van der Waals surface area contributed by atoms with Crippen LogP contribution in [-0.4, -0.2) is 31.2 Å². The lowest BCUT2D eigenvalue weighted by atomic mass is 10.2. The third kappa shape index (κ3) is 7.71. The SMILES string of the molecule is CCCOC(=O)C(N)CCONC(=N)N. The third-order valence-electron chi connectivity index (χ3n) is 1.46. The van der Waals surface area contributed by atoms with E-state index in [4.69, 9.17) is 26.5 Å². The van der Waals surface area contributed by atoms with E-state index >= 15 is 0 Å². The lowest BCUT2D eigenvalue weighted by Gasteiger charge is -2.11. The summed E-state index contributed by atoms with van der Waals surface area (Å²) in [5.41, 5.74) is 12.6. The van der Waals surface area contributed by atoms with Crippen LogP contribution in [0.5, 0.6) is 0 Å². The Hall–Kier alpha value is -1.34. The molecule has 0 spiro atoms. The molecule has 0 amide bonds. The number of nitrogens with two attached hydrogens (primary N) is 2. The van der Waals surface area contributed by atoms with E-state index in [1.54, 1.807) is 0 Å². The van der Waals surface area contributed by atoms with Crippen LogP contribution < -0.4 is 16.9 Å². The summed E-state index contributed by atoms with van der Waals surface area (Å²) in [5.74, 6) is -0.736. The van der Waals surface area contributed by atoms with E-state index in [2.05, 4.69) is 5.48 Å². The van der Waals surface area contributed by atoms with Crippen LogP contribution in [0, 0.1) is 5.41 Å². The minimum absolute atomic E-state index is 0.183. The molecule has 0 rings (SSSR count). The fourth-order valence-electron chi connectivity index (χ4n) is 0.742. The van der Waals surface area contributed by atoms with Crippen LogP contribution >= 0.6 is 0 Å². The van der Waals surface area contributed by atoms with Gasteiger partial charge in [-0.15, -0.1) is 0 Å². The predicted molar refractivity (Wildman–Crippen MR) is 54.8 cm³/mol. The number of rotatable bonds is 7. The average molecular weight is 218 g/mol. The molecule has 0 aliphatic rings. The molecular formula is C8H18N4O3. The van der Waals surface area contributed by atoms with Crippen LogP contribution in [-0.2, 0) is 14.4 Å². The summed E-state index contributed by atoms with van der Waals surface area (Å²) >= 11 is 0. The molecule has 0 fully saturated rings. The molecule has 0 aromatic heterocycles. The van der Waals surface area contributed by atoms with Crippen molar-refractivity contribution >= 4 is 11.9 Å². The molecular weight excluding hydrogens is 200 g/mol. The first kappa shape index (κ1) is 13.7. The van der Waals surface area contributed by atoms with Gasteiger partial charge >= 0.3 is 5.97 Å². The van der Waals surface area contributed by atoms with Crippen molar-refractivity contribution in [2.45, 2.75) is 25.8 Å². The Bertz CT molecular complexity index is 210. The first-order valence-corrected chi connectivity index (χ1v) is 4.72. The Labute approximate surface area is 88.6 Å². The molecule has 6 N–H and O–H groups in total. The van der Waals surface area contributed by atoms with Crippen LogP contribution in [0.2, 0.25) is 0 Å². The number of nitrogens with one attached hydrogen (secondary N) is 2. The van der Waals surface area contributed by atoms with E-state index < -0.39 is 12.0 Å². The topological polar surface area (TPSA) is 123 Å². The van der Waals surface area contributed by atoms with Gasteiger partial charge in [0.25, 0.3) is 0 Å². The lowest BCUT2D eigenvalue weighted by molar-refractivity contribution is -0.145. The number of carbonyl (C=O) groups excluding carboxylic acids is 1. The summed E-state index contributed by atoms with van der Waals surface area (Å²) in [6.45, 7) is 2.46. The number of hydroxylamine groups is 1. The van der Waals surface area contributed by atoms with Crippen molar-refractivity contribution in [3.8, 4) is 0 Å². The van der Waals surface area contributed by atoms with E-state index in [0.717, 1.165) is 6.42 Å². The molecule has 0 aliphatic carbocycles. The average Bonchev–Trinajstić information content (AvgIpc) is 2.20. The van der Waals surface area contributed by atoms with Crippen LogP contribution in [0.4, 0.5) is 0 Å². The molecule has 1 atom stereocenters. The van der Waals surface area contributed by atoms with E-state index in [-0.39, 0.29) is 12.6 Å². The maximum Gasteiger partial charge on any atom is 0.322 e. The monoisotopic (exact) mass is 218 g/mol. The molecule has 15 heavy (non-hydrogen) atoms. The minimum atomic E-state index is -0.703. The lowest BCUT2D eigenvalue weighted by Crippen LogP contribution is -2.36. The van der Waals surface area contributed by atoms with Crippen molar-refractivity contribution in [2.75, 3.05) is 13.2 Å². The number of hydrogen-bond acceptors (Lipinski definition) is 5. The molecule has 7 heteroatoms. The van der Waals surface area contributed by atoms with Crippen molar-refractivity contribution in [1.29, 1.82) is 5.41 Å². The fraction of sp³-hybridized carbons (Fsp3) is 0.750. The fourth-order valence-corrected chi connectivity index (χ4v) is 0.742. The maximum atomic E-state index is 11.1. The zero-order valence-corrected chi connectivity index (χ0v) is 8.79. The molecule has 0 heterocycles. The van der Waals surface area contributed by atoms with Gasteiger partial charge in [0, 0.05) is 0 Å². The van der Waals surface area contributed by atoms with Crippen LogP contribution in [0.25, 0.3) is 0 Å². The van der Waals surface area contributed by atoms with Gasteiger partial charge in [-0.05, 0) is 12.8 Å². The van der Waals surface area contributed by atoms with Crippen molar-refractivity contribution < 1.29 is 14.4 Å². The van der Waals surface area contributed by atoms with Crippen LogP contribution in [0.15, 0.2) is 0 Å². The second kappa shape index (κ2) is 8.01. The molecule has 0 aromatic rings. The van der Waals surface area contributed by atoms with E-state index in [0.29, 0.717) is 13.0 Å². The van der Waals surface area contributed by atoms with Gasteiger partial charge in [0.1, 0.15) is 6.04 Å². The summed E-state index contributed by atoms with van der Waals surface area (Å²) in [4.78, 5) is 15.9. The Morgan fingerprint density at radius 3 is 2.73 bits per heavy atom.